The lowest BCUT2D eigenvalue weighted by atomic mass is 9.98. The highest BCUT2D eigenvalue weighted by Gasteiger charge is 2.32. The van der Waals surface area contributed by atoms with E-state index in [4.69, 9.17) is 0 Å². The van der Waals surface area contributed by atoms with Crippen LogP contribution in [0.2, 0.25) is 0 Å². The molecule has 0 radical (unpaired) electrons. The van der Waals surface area contributed by atoms with Crippen LogP contribution in [0.4, 0.5) is 0 Å². The van der Waals surface area contributed by atoms with Crippen LogP contribution in [0.5, 0.6) is 11.5 Å². The molecule has 2 unspecified atom stereocenters. The van der Waals surface area contributed by atoms with Gasteiger partial charge in [0.05, 0.1) is 24.4 Å². The van der Waals surface area contributed by atoms with Crippen molar-refractivity contribution in [3.8, 4) is 11.5 Å². The van der Waals surface area contributed by atoms with Crippen LogP contribution in [-0.2, 0) is 25.6 Å². The summed E-state index contributed by atoms with van der Waals surface area (Å²) in [4.78, 5) is 50.3. The summed E-state index contributed by atoms with van der Waals surface area (Å²) in [5.41, 5.74) is 4.01. The van der Waals surface area contributed by atoms with E-state index in [9.17, 15) is 34.5 Å². The summed E-state index contributed by atoms with van der Waals surface area (Å²) in [5.74, 6) is -3.15. The molecule has 2 aromatic carbocycles. The minimum atomic E-state index is -1.30. The highest BCUT2D eigenvalue weighted by Crippen LogP contribution is 2.29. The monoisotopic (exact) mass is 611 g/mol. The second-order valence-electron chi connectivity index (χ2n) is 11.5. The first-order valence-electron chi connectivity index (χ1n) is 14.5. The van der Waals surface area contributed by atoms with E-state index in [1.54, 1.807) is 27.7 Å². The molecule has 0 heterocycles. The van der Waals surface area contributed by atoms with Gasteiger partial charge in [0, 0.05) is 19.4 Å². The number of hydrogen-bond acceptors (Lipinski definition) is 8. The van der Waals surface area contributed by atoms with Gasteiger partial charge in [-0.15, -0.1) is 0 Å². The Labute approximate surface area is 258 Å². The highest BCUT2D eigenvalue weighted by atomic mass is 16.3. The molecule has 12 nitrogen and oxygen atoms in total. The zero-order chi connectivity index (χ0) is 33.1. The molecular formula is C32H45N5O7. The number of phenols is 2. The molecule has 0 aliphatic carbocycles. The van der Waals surface area contributed by atoms with Crippen LogP contribution in [0.25, 0.3) is 5.70 Å². The Bertz CT molecular complexity index is 1320. The maximum Gasteiger partial charge on any atom is 0.261 e. The Morgan fingerprint density at radius 2 is 1.34 bits per heavy atom. The summed E-state index contributed by atoms with van der Waals surface area (Å²) < 4.78 is 0. The second kappa shape index (κ2) is 16.3. The van der Waals surface area contributed by atoms with Crippen molar-refractivity contribution in [1.29, 1.82) is 0 Å². The minimum absolute atomic E-state index is 0.154. The normalized spacial score (nSPS) is 13.8. The standard InChI is InChI=1S/C32H45N5O7/c1-18(2)29(33-21(6)38)31(43)35-25(15-23-11-9-8-10-12-23)28(42)17-37(20(5)24-13-14-26(40)27(41)16-24)36-32(44)30(19(3)4)34-22(7)39/h8-14,16,18-19,25,28-30,40-42H,5,15,17H2,1-4,6-7H3,(H,33,38)(H,34,39)(H,35,43)(H,36,44)/t25?,28?,29-,30-/m0/s1. The van der Waals surface area contributed by atoms with E-state index in [0.717, 1.165) is 5.56 Å². The van der Waals surface area contributed by atoms with Crippen LogP contribution in [0.15, 0.2) is 55.1 Å². The van der Waals surface area contributed by atoms with Crippen molar-refractivity contribution in [2.24, 2.45) is 11.8 Å². The number of aliphatic hydroxyl groups is 1. The molecule has 0 saturated carbocycles. The average Bonchev–Trinajstić information content (AvgIpc) is 2.94. The molecule has 0 aliphatic rings. The molecule has 4 amide bonds. The highest BCUT2D eigenvalue weighted by molar-refractivity contribution is 5.88. The van der Waals surface area contributed by atoms with Crippen LogP contribution in [0, 0.1) is 11.8 Å². The minimum Gasteiger partial charge on any atom is -0.504 e. The zero-order valence-electron chi connectivity index (χ0n) is 26.1. The summed E-state index contributed by atoms with van der Waals surface area (Å²) in [6.07, 6.45) is -1.08. The van der Waals surface area contributed by atoms with Gasteiger partial charge in [-0.05, 0) is 42.0 Å². The van der Waals surface area contributed by atoms with Crippen LogP contribution in [0.3, 0.4) is 0 Å². The fourth-order valence-corrected chi connectivity index (χ4v) is 4.53. The summed E-state index contributed by atoms with van der Waals surface area (Å²) >= 11 is 0. The second-order valence-corrected chi connectivity index (χ2v) is 11.5. The number of amides is 4. The Balaban J connectivity index is 2.47. The third kappa shape index (κ3) is 10.6. The SMILES string of the molecule is C=C(c1ccc(O)c(O)c1)N(CC(O)C(Cc1ccccc1)NC(=O)[C@@H](NC(C)=O)C(C)C)NC(=O)[C@@H](NC(C)=O)C(C)C. The number of rotatable bonds is 15. The van der Waals surface area contributed by atoms with E-state index in [2.05, 4.69) is 28.0 Å². The summed E-state index contributed by atoms with van der Waals surface area (Å²) in [7, 11) is 0. The molecule has 240 valence electrons. The fourth-order valence-electron chi connectivity index (χ4n) is 4.53. The van der Waals surface area contributed by atoms with Crippen molar-refractivity contribution in [2.45, 2.75) is 72.2 Å². The largest absolute Gasteiger partial charge is 0.504 e. The number of hydrazine groups is 1. The summed E-state index contributed by atoms with van der Waals surface area (Å²) in [5, 5.41) is 40.9. The zero-order valence-corrected chi connectivity index (χ0v) is 26.1. The third-order valence-electron chi connectivity index (χ3n) is 6.96. The fraction of sp³-hybridized carbons (Fsp3) is 0.438. The lowest BCUT2D eigenvalue weighted by Gasteiger charge is -2.35. The molecule has 0 bridgehead atoms. The van der Waals surface area contributed by atoms with Crippen molar-refractivity contribution in [1.82, 2.24) is 26.4 Å². The van der Waals surface area contributed by atoms with Crippen molar-refractivity contribution in [3.05, 3.63) is 66.2 Å². The first-order chi connectivity index (χ1) is 20.6. The third-order valence-corrected chi connectivity index (χ3v) is 6.96. The first-order valence-corrected chi connectivity index (χ1v) is 14.5. The molecule has 2 rings (SSSR count). The van der Waals surface area contributed by atoms with Gasteiger partial charge in [-0.1, -0.05) is 64.6 Å². The number of aliphatic hydroxyl groups excluding tert-OH is 1. The predicted octanol–water partition coefficient (Wildman–Crippen LogP) is 1.81. The van der Waals surface area contributed by atoms with Gasteiger partial charge in [0.1, 0.15) is 12.1 Å². The predicted molar refractivity (Wildman–Crippen MR) is 167 cm³/mol. The Kier molecular flexibility index (Phi) is 13.2. The molecule has 0 aliphatic heterocycles. The summed E-state index contributed by atoms with van der Waals surface area (Å²) in [6, 6.07) is 10.5. The lowest BCUT2D eigenvalue weighted by Crippen LogP contribution is -2.58. The van der Waals surface area contributed by atoms with Gasteiger partial charge in [-0.2, -0.15) is 0 Å². The molecule has 4 atom stereocenters. The van der Waals surface area contributed by atoms with E-state index in [1.165, 1.54) is 37.1 Å². The van der Waals surface area contributed by atoms with Gasteiger partial charge >= 0.3 is 0 Å². The Morgan fingerprint density at radius 3 is 1.84 bits per heavy atom. The van der Waals surface area contributed by atoms with E-state index in [1.807, 2.05) is 30.3 Å². The van der Waals surface area contributed by atoms with Gasteiger partial charge < -0.3 is 31.3 Å². The van der Waals surface area contributed by atoms with Crippen LogP contribution < -0.4 is 21.4 Å². The molecule has 7 N–H and O–H groups in total. The van der Waals surface area contributed by atoms with E-state index >= 15 is 0 Å². The molecule has 0 spiro atoms. The van der Waals surface area contributed by atoms with Crippen LogP contribution in [0.1, 0.15) is 52.7 Å². The van der Waals surface area contributed by atoms with Crippen LogP contribution >= 0.6 is 0 Å². The first kappa shape index (κ1) is 35.6. The van der Waals surface area contributed by atoms with Gasteiger partial charge in [0.15, 0.2) is 11.5 Å². The smallest absolute Gasteiger partial charge is 0.261 e. The molecule has 2 aromatic rings. The van der Waals surface area contributed by atoms with E-state index in [-0.39, 0.29) is 42.2 Å². The van der Waals surface area contributed by atoms with Gasteiger partial charge in [0.2, 0.25) is 17.7 Å². The van der Waals surface area contributed by atoms with Crippen molar-refractivity contribution < 1.29 is 34.5 Å². The Hall–Kier alpha value is -4.58. The molecule has 0 aromatic heterocycles. The lowest BCUT2D eigenvalue weighted by molar-refractivity contribution is -0.132. The van der Waals surface area contributed by atoms with Crippen molar-refractivity contribution in [2.75, 3.05) is 6.54 Å². The number of benzene rings is 2. The number of phenolic OH excluding ortho intramolecular Hbond substituents is 2. The van der Waals surface area contributed by atoms with Crippen molar-refractivity contribution >= 4 is 29.3 Å². The number of carbonyl (C=O) groups excluding carboxylic acids is 4. The molecule has 0 saturated heterocycles. The van der Waals surface area contributed by atoms with Gasteiger partial charge in [0.25, 0.3) is 5.91 Å². The van der Waals surface area contributed by atoms with Crippen molar-refractivity contribution in [3.63, 3.8) is 0 Å². The molecule has 44 heavy (non-hydrogen) atoms. The van der Waals surface area contributed by atoms with Crippen LogP contribution in [-0.4, -0.2) is 74.7 Å². The number of nitrogens with zero attached hydrogens (tertiary/aromatic N) is 1. The number of carbonyl (C=O) groups is 4. The quantitative estimate of drug-likeness (QED) is 0.118. The number of aromatic hydroxyl groups is 2. The van der Waals surface area contributed by atoms with E-state index in [0.29, 0.717) is 5.56 Å². The molecular weight excluding hydrogens is 566 g/mol. The van der Waals surface area contributed by atoms with Gasteiger partial charge in [-0.25, -0.2) is 0 Å². The maximum atomic E-state index is 13.4. The Morgan fingerprint density at radius 1 is 0.795 bits per heavy atom. The van der Waals surface area contributed by atoms with Gasteiger partial charge in [-0.3, -0.25) is 29.6 Å². The average molecular weight is 612 g/mol. The molecule has 0 fully saturated rings. The molecule has 12 heteroatoms. The topological polar surface area (TPSA) is 180 Å². The van der Waals surface area contributed by atoms with E-state index < -0.39 is 47.7 Å². The number of hydrogen-bond donors (Lipinski definition) is 7. The number of nitrogens with one attached hydrogen (secondary N) is 4. The summed E-state index contributed by atoms with van der Waals surface area (Å²) in [6.45, 7) is 13.5. The maximum absolute atomic E-state index is 13.4.